The second-order valence-corrected chi connectivity index (χ2v) is 6.41. The Kier molecular flexibility index (Phi) is 7.34. The van der Waals surface area contributed by atoms with E-state index in [1.165, 1.54) is 44.3 Å². The largest absolute Gasteiger partial charge is 0.497 e. The van der Waals surface area contributed by atoms with Crippen LogP contribution in [0.15, 0.2) is 24.3 Å². The van der Waals surface area contributed by atoms with Crippen LogP contribution < -0.4 is 15.8 Å². The summed E-state index contributed by atoms with van der Waals surface area (Å²) in [6.07, 6.45) is 4.01. The van der Waals surface area contributed by atoms with Gasteiger partial charge in [-0.1, -0.05) is 12.1 Å². The molecule has 1 aliphatic carbocycles. The number of hydrogen-bond acceptors (Lipinski definition) is 4. The molecule has 1 amide bonds. The van der Waals surface area contributed by atoms with E-state index in [0.717, 1.165) is 30.8 Å². The van der Waals surface area contributed by atoms with E-state index in [-0.39, 0.29) is 0 Å². The number of primary amides is 1. The summed E-state index contributed by atoms with van der Waals surface area (Å²) in [5.74, 6) is 1.72. The Morgan fingerprint density at radius 3 is 2.46 bits per heavy atom. The molecule has 0 aromatic heterocycles. The summed E-state index contributed by atoms with van der Waals surface area (Å²) in [7, 11) is 1.75. The van der Waals surface area contributed by atoms with Gasteiger partial charge in [0.1, 0.15) is 5.75 Å². The second-order valence-electron chi connectivity index (χ2n) is 6.41. The highest BCUT2D eigenvalue weighted by atomic mass is 16.5. The molecule has 2 fully saturated rings. The molecule has 24 heavy (non-hydrogen) atoms. The van der Waals surface area contributed by atoms with Gasteiger partial charge in [0, 0.05) is 32.2 Å². The van der Waals surface area contributed by atoms with Crippen molar-refractivity contribution in [1.29, 1.82) is 0 Å². The van der Waals surface area contributed by atoms with Gasteiger partial charge in [0.15, 0.2) is 0 Å². The maximum atomic E-state index is 8.78. The van der Waals surface area contributed by atoms with Gasteiger partial charge in [0.05, 0.1) is 7.11 Å². The fourth-order valence-corrected chi connectivity index (χ4v) is 3.72. The summed E-state index contributed by atoms with van der Waals surface area (Å²) in [6.45, 7) is 4.79. The van der Waals surface area contributed by atoms with Crippen LogP contribution in [-0.2, 0) is 0 Å². The number of piperazine rings is 1. The number of nitrogens with one attached hydrogen (secondary N) is 1. The summed E-state index contributed by atoms with van der Waals surface area (Å²) in [5, 5.41) is 10.6. The van der Waals surface area contributed by atoms with E-state index in [4.69, 9.17) is 14.6 Å². The molecule has 1 aliphatic heterocycles. The highest BCUT2D eigenvalue weighted by Crippen LogP contribution is 2.35. The zero-order valence-corrected chi connectivity index (χ0v) is 14.4. The topological polar surface area (TPSA) is 87.8 Å². The minimum absolute atomic E-state index is 0.726. The van der Waals surface area contributed by atoms with Crippen LogP contribution in [0.4, 0.5) is 4.79 Å². The number of nitrogens with zero attached hydrogens (tertiary/aromatic N) is 1. The van der Waals surface area contributed by atoms with Crippen LogP contribution in [0, 0.1) is 0 Å². The zero-order valence-electron chi connectivity index (χ0n) is 14.4. The monoisotopic (exact) mass is 335 g/mol. The van der Waals surface area contributed by atoms with Gasteiger partial charge in [-0.25, -0.2) is 4.79 Å². The van der Waals surface area contributed by atoms with E-state index in [9.17, 15) is 0 Å². The Morgan fingerprint density at radius 1 is 1.25 bits per heavy atom. The fourth-order valence-electron chi connectivity index (χ4n) is 3.72. The number of hydrogen-bond donors (Lipinski definition) is 3. The van der Waals surface area contributed by atoms with E-state index in [1.807, 2.05) is 6.07 Å². The molecule has 0 spiro atoms. The minimum atomic E-state index is -1.33. The molecule has 4 N–H and O–H groups in total. The molecular formula is C18H29N3O3. The predicted molar refractivity (Wildman–Crippen MR) is 94.6 cm³/mol. The smallest absolute Gasteiger partial charge is 0.402 e. The Morgan fingerprint density at radius 2 is 1.88 bits per heavy atom. The Balaban J connectivity index is 0.000000471. The standard InChI is InChI=1S/C17H26N2O.CH3NO2/c1-20-17-4-2-3-15(13-17)14-5-7-16(8-6-14)19-11-9-18-10-12-19;2-1(3)4/h2-4,13-14,16,18H,5-12H2,1H3;2H2,(H,3,4)/t14-,16-;. The van der Waals surface area contributed by atoms with Gasteiger partial charge >= 0.3 is 6.09 Å². The first-order valence-corrected chi connectivity index (χ1v) is 8.67. The van der Waals surface area contributed by atoms with E-state index < -0.39 is 6.09 Å². The average molecular weight is 335 g/mol. The number of rotatable bonds is 3. The lowest BCUT2D eigenvalue weighted by Crippen LogP contribution is -2.49. The molecule has 1 aromatic rings. The SMILES string of the molecule is COc1cccc([C@H]2CC[C@H](N3CCNCC3)CC2)c1.NC(=O)O. The summed E-state index contributed by atoms with van der Waals surface area (Å²) >= 11 is 0. The van der Waals surface area contributed by atoms with E-state index in [0.29, 0.717) is 0 Å². The molecule has 0 radical (unpaired) electrons. The van der Waals surface area contributed by atoms with Gasteiger partial charge in [0.2, 0.25) is 0 Å². The van der Waals surface area contributed by atoms with Crippen LogP contribution in [0.3, 0.4) is 0 Å². The highest BCUT2D eigenvalue weighted by Gasteiger charge is 2.27. The molecule has 1 aromatic carbocycles. The maximum absolute atomic E-state index is 8.78. The molecule has 3 rings (SSSR count). The van der Waals surface area contributed by atoms with Gasteiger partial charge in [0.25, 0.3) is 0 Å². The molecule has 6 heteroatoms. The molecule has 1 saturated heterocycles. The van der Waals surface area contributed by atoms with Gasteiger partial charge in [-0.15, -0.1) is 0 Å². The van der Waals surface area contributed by atoms with Crippen molar-refractivity contribution in [3.8, 4) is 5.75 Å². The van der Waals surface area contributed by atoms with Crippen molar-refractivity contribution in [1.82, 2.24) is 10.2 Å². The molecule has 1 heterocycles. The average Bonchev–Trinajstić information content (AvgIpc) is 2.62. The number of carbonyl (C=O) groups is 1. The number of amides is 1. The van der Waals surface area contributed by atoms with Crippen molar-refractivity contribution in [2.45, 2.75) is 37.6 Å². The van der Waals surface area contributed by atoms with Crippen molar-refractivity contribution >= 4 is 6.09 Å². The molecule has 0 bridgehead atoms. The quantitative estimate of drug-likeness (QED) is 0.788. The summed E-state index contributed by atoms with van der Waals surface area (Å²) < 4.78 is 5.35. The van der Waals surface area contributed by atoms with Crippen LogP contribution in [-0.4, -0.2) is 55.4 Å². The lowest BCUT2D eigenvalue weighted by atomic mass is 9.81. The molecule has 0 atom stereocenters. The van der Waals surface area contributed by atoms with Crippen LogP contribution in [0.5, 0.6) is 5.75 Å². The molecule has 0 unspecified atom stereocenters. The predicted octanol–water partition coefficient (Wildman–Crippen LogP) is 2.25. The third-order valence-corrected chi connectivity index (χ3v) is 4.93. The number of nitrogens with two attached hydrogens (primary N) is 1. The lowest BCUT2D eigenvalue weighted by Gasteiger charge is -2.39. The summed E-state index contributed by atoms with van der Waals surface area (Å²) in [5.41, 5.74) is 5.49. The van der Waals surface area contributed by atoms with Crippen LogP contribution in [0.25, 0.3) is 0 Å². The number of methoxy groups -OCH3 is 1. The first-order valence-electron chi connectivity index (χ1n) is 8.67. The van der Waals surface area contributed by atoms with Gasteiger partial charge in [-0.05, 0) is 49.3 Å². The van der Waals surface area contributed by atoms with Crippen molar-refractivity contribution in [3.05, 3.63) is 29.8 Å². The third kappa shape index (κ3) is 5.69. The maximum Gasteiger partial charge on any atom is 0.402 e. The number of carboxylic acid groups (broad SMARTS) is 1. The lowest BCUT2D eigenvalue weighted by molar-refractivity contribution is 0.133. The molecule has 1 saturated carbocycles. The fraction of sp³-hybridized carbons (Fsp3) is 0.611. The van der Waals surface area contributed by atoms with Gasteiger partial charge in [-0.3, -0.25) is 4.90 Å². The number of benzene rings is 1. The third-order valence-electron chi connectivity index (χ3n) is 4.93. The summed E-state index contributed by atoms with van der Waals surface area (Å²) in [4.78, 5) is 11.5. The van der Waals surface area contributed by atoms with Crippen molar-refractivity contribution in [2.75, 3.05) is 33.3 Å². The Bertz CT molecular complexity index is 506. The summed E-state index contributed by atoms with van der Waals surface area (Å²) in [6, 6.07) is 9.46. The Hall–Kier alpha value is -1.79. The normalized spacial score (nSPS) is 24.5. The van der Waals surface area contributed by atoms with Gasteiger partial charge in [-0.2, -0.15) is 0 Å². The molecule has 134 valence electrons. The van der Waals surface area contributed by atoms with Crippen molar-refractivity contribution in [2.24, 2.45) is 5.73 Å². The van der Waals surface area contributed by atoms with Gasteiger partial charge < -0.3 is 20.9 Å². The highest BCUT2D eigenvalue weighted by molar-refractivity contribution is 5.61. The number of ether oxygens (including phenoxy) is 1. The first-order chi connectivity index (χ1) is 11.6. The van der Waals surface area contributed by atoms with Crippen LogP contribution in [0.2, 0.25) is 0 Å². The zero-order chi connectivity index (χ0) is 17.4. The van der Waals surface area contributed by atoms with E-state index >= 15 is 0 Å². The van der Waals surface area contributed by atoms with E-state index in [1.54, 1.807) is 7.11 Å². The molecule has 2 aliphatic rings. The minimum Gasteiger partial charge on any atom is -0.497 e. The van der Waals surface area contributed by atoms with Crippen LogP contribution in [0.1, 0.15) is 37.2 Å². The molecular weight excluding hydrogens is 306 g/mol. The van der Waals surface area contributed by atoms with E-state index in [2.05, 4.69) is 34.1 Å². The molecule has 6 nitrogen and oxygen atoms in total. The Labute approximate surface area is 144 Å². The van der Waals surface area contributed by atoms with Crippen LogP contribution >= 0.6 is 0 Å². The first kappa shape index (κ1) is 18.5. The van der Waals surface area contributed by atoms with Crippen molar-refractivity contribution in [3.63, 3.8) is 0 Å². The second kappa shape index (κ2) is 9.49. The van der Waals surface area contributed by atoms with Crippen molar-refractivity contribution < 1.29 is 14.6 Å².